The van der Waals surface area contributed by atoms with E-state index >= 15 is 0 Å². The Morgan fingerprint density at radius 2 is 1.67 bits per heavy atom. The highest BCUT2D eigenvalue weighted by Crippen LogP contribution is 2.28. The molecule has 0 unspecified atom stereocenters. The van der Waals surface area contributed by atoms with Crippen LogP contribution >= 0.6 is 0 Å². The number of para-hydroxylation sites is 1. The molecular formula is C36H44N4O5. The number of amides is 3. The number of carbonyl (C=O) groups excluding carboxylic acids is 4. The van der Waals surface area contributed by atoms with E-state index in [9.17, 15) is 19.2 Å². The summed E-state index contributed by atoms with van der Waals surface area (Å²) in [6.45, 7) is 4.66. The first kappa shape index (κ1) is 33.4. The Morgan fingerprint density at radius 1 is 0.933 bits per heavy atom. The first-order valence-electron chi connectivity index (χ1n) is 15.8. The van der Waals surface area contributed by atoms with Gasteiger partial charge in [0.1, 0.15) is 12.4 Å². The monoisotopic (exact) mass is 612 g/mol. The SMILES string of the molecule is Cc1cc(N(C)C(=O)CCCCCNC(=O)CCN2CCC(OC(=O)Nc3ccccc3-c3ccccc3)CC2)ccc1C=O. The molecule has 0 aliphatic carbocycles. The summed E-state index contributed by atoms with van der Waals surface area (Å²) in [5.41, 5.74) is 4.93. The Bertz CT molecular complexity index is 1440. The molecule has 0 aromatic heterocycles. The van der Waals surface area contributed by atoms with Crippen molar-refractivity contribution in [1.29, 1.82) is 0 Å². The normalized spacial score (nSPS) is 13.6. The fraction of sp³-hybridized carbons (Fsp3) is 0.389. The molecule has 1 aliphatic rings. The third-order valence-corrected chi connectivity index (χ3v) is 8.24. The lowest BCUT2D eigenvalue weighted by Gasteiger charge is -2.31. The molecular weight excluding hydrogens is 568 g/mol. The first-order chi connectivity index (χ1) is 21.8. The summed E-state index contributed by atoms with van der Waals surface area (Å²) in [5.74, 6) is 0.0512. The fourth-order valence-corrected chi connectivity index (χ4v) is 5.47. The zero-order valence-corrected chi connectivity index (χ0v) is 26.3. The summed E-state index contributed by atoms with van der Waals surface area (Å²) < 4.78 is 5.72. The van der Waals surface area contributed by atoms with E-state index in [2.05, 4.69) is 15.5 Å². The number of aryl methyl sites for hydroxylation is 1. The van der Waals surface area contributed by atoms with Crippen LogP contribution in [-0.4, -0.2) is 68.4 Å². The average molecular weight is 613 g/mol. The van der Waals surface area contributed by atoms with Crippen molar-refractivity contribution in [3.63, 3.8) is 0 Å². The minimum Gasteiger partial charge on any atom is -0.446 e. The summed E-state index contributed by atoms with van der Waals surface area (Å²) in [6, 6.07) is 23.0. The number of ether oxygens (including phenoxy) is 1. The van der Waals surface area contributed by atoms with Crippen LogP contribution in [0.15, 0.2) is 72.8 Å². The molecule has 3 aromatic rings. The van der Waals surface area contributed by atoms with Gasteiger partial charge >= 0.3 is 6.09 Å². The number of likely N-dealkylation sites (tertiary alicyclic amines) is 1. The highest BCUT2D eigenvalue weighted by molar-refractivity contribution is 5.93. The van der Waals surface area contributed by atoms with E-state index in [0.717, 1.165) is 73.9 Å². The molecule has 4 rings (SSSR count). The number of nitrogens with one attached hydrogen (secondary N) is 2. The minimum atomic E-state index is -0.451. The molecule has 0 spiro atoms. The molecule has 1 aliphatic heterocycles. The van der Waals surface area contributed by atoms with Gasteiger partial charge in [0.25, 0.3) is 0 Å². The van der Waals surface area contributed by atoms with E-state index in [1.54, 1.807) is 24.1 Å². The molecule has 3 amide bonds. The molecule has 238 valence electrons. The Balaban J connectivity index is 1.05. The first-order valence-corrected chi connectivity index (χ1v) is 15.8. The largest absolute Gasteiger partial charge is 0.446 e. The van der Waals surface area contributed by atoms with Crippen molar-refractivity contribution in [1.82, 2.24) is 10.2 Å². The molecule has 1 heterocycles. The maximum absolute atomic E-state index is 12.7. The van der Waals surface area contributed by atoms with Gasteiger partial charge in [0.2, 0.25) is 11.8 Å². The van der Waals surface area contributed by atoms with E-state index in [0.29, 0.717) is 37.2 Å². The Labute approximate surface area is 265 Å². The number of anilines is 2. The molecule has 45 heavy (non-hydrogen) atoms. The molecule has 9 heteroatoms. The van der Waals surface area contributed by atoms with Crippen LogP contribution in [0.1, 0.15) is 60.9 Å². The number of carbonyl (C=O) groups is 4. The predicted molar refractivity (Wildman–Crippen MR) is 178 cm³/mol. The molecule has 0 bridgehead atoms. The van der Waals surface area contributed by atoms with Gasteiger partial charge in [0.15, 0.2) is 0 Å². The third kappa shape index (κ3) is 10.3. The van der Waals surface area contributed by atoms with E-state index in [1.165, 1.54) is 0 Å². The quantitative estimate of drug-likeness (QED) is 0.165. The fourth-order valence-electron chi connectivity index (χ4n) is 5.47. The standard InChI is InChI=1S/C36H44N4O5/c1-27-25-30(17-16-29(27)26-41)39(2)35(43)15-7-4-10-21-37-34(42)20-24-40-22-18-31(19-23-40)45-36(44)38-33-14-9-8-13-32(33)28-11-5-3-6-12-28/h3,5-6,8-9,11-14,16-17,25-26,31H,4,7,10,15,18-24H2,1-2H3,(H,37,42)(H,38,44). The number of hydrogen-bond acceptors (Lipinski definition) is 6. The van der Waals surface area contributed by atoms with Gasteiger partial charge < -0.3 is 19.9 Å². The van der Waals surface area contributed by atoms with Crippen LogP contribution in [0.4, 0.5) is 16.2 Å². The van der Waals surface area contributed by atoms with Gasteiger partial charge in [-0.1, -0.05) is 55.0 Å². The summed E-state index contributed by atoms with van der Waals surface area (Å²) in [7, 11) is 1.75. The summed E-state index contributed by atoms with van der Waals surface area (Å²) in [4.78, 5) is 52.4. The van der Waals surface area contributed by atoms with E-state index in [-0.39, 0.29) is 17.9 Å². The zero-order chi connectivity index (χ0) is 32.0. The Morgan fingerprint density at radius 3 is 2.40 bits per heavy atom. The number of rotatable bonds is 14. The van der Waals surface area contributed by atoms with Gasteiger partial charge in [-0.3, -0.25) is 19.7 Å². The van der Waals surface area contributed by atoms with Crippen LogP contribution in [0.5, 0.6) is 0 Å². The second kappa shape index (κ2) is 17.1. The van der Waals surface area contributed by atoms with Crippen LogP contribution in [0, 0.1) is 6.92 Å². The van der Waals surface area contributed by atoms with Crippen LogP contribution in [0.25, 0.3) is 11.1 Å². The highest BCUT2D eigenvalue weighted by atomic mass is 16.6. The smallest absolute Gasteiger partial charge is 0.411 e. The summed E-state index contributed by atoms with van der Waals surface area (Å²) >= 11 is 0. The molecule has 1 fully saturated rings. The van der Waals surface area contributed by atoms with Gasteiger partial charge in [-0.15, -0.1) is 0 Å². The second-order valence-electron chi connectivity index (χ2n) is 11.5. The van der Waals surface area contributed by atoms with Crippen LogP contribution in [0.2, 0.25) is 0 Å². The van der Waals surface area contributed by atoms with Gasteiger partial charge in [-0.25, -0.2) is 4.79 Å². The molecule has 1 saturated heterocycles. The molecule has 9 nitrogen and oxygen atoms in total. The molecule has 3 aromatic carbocycles. The molecule has 2 N–H and O–H groups in total. The highest BCUT2D eigenvalue weighted by Gasteiger charge is 2.23. The molecule has 0 atom stereocenters. The van der Waals surface area contributed by atoms with Crippen molar-refractivity contribution in [2.24, 2.45) is 0 Å². The third-order valence-electron chi connectivity index (χ3n) is 8.24. The number of benzene rings is 3. The van der Waals surface area contributed by atoms with Gasteiger partial charge in [-0.2, -0.15) is 0 Å². The second-order valence-corrected chi connectivity index (χ2v) is 11.5. The number of unbranched alkanes of at least 4 members (excludes halogenated alkanes) is 2. The maximum Gasteiger partial charge on any atom is 0.411 e. The molecule has 0 saturated carbocycles. The van der Waals surface area contributed by atoms with E-state index in [1.807, 2.05) is 67.6 Å². The van der Waals surface area contributed by atoms with Crippen molar-refractivity contribution >= 4 is 35.6 Å². The van der Waals surface area contributed by atoms with Gasteiger partial charge in [-0.05, 0) is 68.0 Å². The van der Waals surface area contributed by atoms with Gasteiger partial charge in [0.05, 0.1) is 5.69 Å². The lowest BCUT2D eigenvalue weighted by Crippen LogP contribution is -2.40. The lowest BCUT2D eigenvalue weighted by atomic mass is 10.0. The minimum absolute atomic E-state index is 0.0229. The van der Waals surface area contributed by atoms with Crippen molar-refractivity contribution < 1.29 is 23.9 Å². The topological polar surface area (TPSA) is 108 Å². The summed E-state index contributed by atoms with van der Waals surface area (Å²) in [6.07, 6.45) is 4.94. The number of nitrogens with zero attached hydrogens (tertiary/aromatic N) is 2. The van der Waals surface area contributed by atoms with Crippen molar-refractivity contribution in [2.45, 2.75) is 58.0 Å². The van der Waals surface area contributed by atoms with E-state index in [4.69, 9.17) is 4.74 Å². The zero-order valence-electron chi connectivity index (χ0n) is 26.3. The van der Waals surface area contributed by atoms with Crippen LogP contribution in [0.3, 0.4) is 0 Å². The van der Waals surface area contributed by atoms with Gasteiger partial charge in [0, 0.05) is 62.9 Å². The predicted octanol–water partition coefficient (Wildman–Crippen LogP) is 6.22. The average Bonchev–Trinajstić information content (AvgIpc) is 3.06. The van der Waals surface area contributed by atoms with Crippen molar-refractivity contribution in [3.8, 4) is 11.1 Å². The number of aldehydes is 1. The molecule has 0 radical (unpaired) electrons. The van der Waals surface area contributed by atoms with Crippen molar-refractivity contribution in [3.05, 3.63) is 83.9 Å². The van der Waals surface area contributed by atoms with Crippen molar-refractivity contribution in [2.75, 3.05) is 43.4 Å². The number of hydrogen-bond donors (Lipinski definition) is 2. The maximum atomic E-state index is 12.7. The van der Waals surface area contributed by atoms with Crippen LogP contribution < -0.4 is 15.5 Å². The Kier molecular flexibility index (Phi) is 12.7. The van der Waals surface area contributed by atoms with Crippen LogP contribution in [-0.2, 0) is 14.3 Å². The number of piperidine rings is 1. The lowest BCUT2D eigenvalue weighted by molar-refractivity contribution is -0.121. The van der Waals surface area contributed by atoms with E-state index < -0.39 is 6.09 Å². The Hall–Kier alpha value is -4.50. The summed E-state index contributed by atoms with van der Waals surface area (Å²) in [5, 5.41) is 5.89.